The predicted molar refractivity (Wildman–Crippen MR) is 71.0 cm³/mol. The first-order valence-corrected chi connectivity index (χ1v) is 6.65. The monoisotopic (exact) mass is 233 g/mol. The Kier molecular flexibility index (Phi) is 4.19. The standard InChI is InChI=1S/C15H23NO/c1-12(2)15-6-4-3-5-13(15)11-16-9-7-14(17)8-10-16/h3-6,12,14,17H,7-11H2,1-2H3. The summed E-state index contributed by atoms with van der Waals surface area (Å²) in [6, 6.07) is 8.72. The van der Waals surface area contributed by atoms with E-state index in [0.29, 0.717) is 5.92 Å². The molecule has 94 valence electrons. The molecule has 1 aromatic carbocycles. The summed E-state index contributed by atoms with van der Waals surface area (Å²) in [5.41, 5.74) is 2.90. The Morgan fingerprint density at radius 1 is 1.24 bits per heavy atom. The summed E-state index contributed by atoms with van der Waals surface area (Å²) < 4.78 is 0. The van der Waals surface area contributed by atoms with Gasteiger partial charge in [0.2, 0.25) is 0 Å². The average Bonchev–Trinajstić information content (AvgIpc) is 2.32. The summed E-state index contributed by atoms with van der Waals surface area (Å²) in [4.78, 5) is 2.45. The normalized spacial score (nSPS) is 18.8. The molecule has 2 heteroatoms. The number of aliphatic hydroxyl groups is 1. The zero-order valence-electron chi connectivity index (χ0n) is 10.9. The van der Waals surface area contributed by atoms with Gasteiger partial charge in [0.1, 0.15) is 0 Å². The van der Waals surface area contributed by atoms with Crippen molar-refractivity contribution >= 4 is 0 Å². The second-order valence-electron chi connectivity index (χ2n) is 5.36. The summed E-state index contributed by atoms with van der Waals surface area (Å²) in [6.45, 7) is 7.57. The molecule has 0 amide bonds. The highest BCUT2D eigenvalue weighted by molar-refractivity contribution is 5.29. The number of likely N-dealkylation sites (tertiary alicyclic amines) is 1. The minimum absolute atomic E-state index is 0.0772. The molecule has 1 fully saturated rings. The van der Waals surface area contributed by atoms with Crippen LogP contribution in [-0.2, 0) is 6.54 Å². The highest BCUT2D eigenvalue weighted by Crippen LogP contribution is 2.22. The van der Waals surface area contributed by atoms with Crippen LogP contribution in [0.3, 0.4) is 0 Å². The average molecular weight is 233 g/mol. The molecule has 0 aliphatic carbocycles. The number of rotatable bonds is 3. The number of aliphatic hydroxyl groups excluding tert-OH is 1. The summed E-state index contributed by atoms with van der Waals surface area (Å²) >= 11 is 0. The lowest BCUT2D eigenvalue weighted by Crippen LogP contribution is -2.35. The van der Waals surface area contributed by atoms with E-state index in [2.05, 4.69) is 43.0 Å². The molecule has 2 rings (SSSR count). The lowest BCUT2D eigenvalue weighted by atomic mass is 9.96. The summed E-state index contributed by atoms with van der Waals surface area (Å²) in [5.74, 6) is 0.585. The molecule has 1 N–H and O–H groups in total. The first-order chi connectivity index (χ1) is 8.16. The van der Waals surface area contributed by atoms with Crippen LogP contribution < -0.4 is 0 Å². The van der Waals surface area contributed by atoms with E-state index in [1.54, 1.807) is 0 Å². The van der Waals surface area contributed by atoms with Gasteiger partial charge >= 0.3 is 0 Å². The van der Waals surface area contributed by atoms with Crippen molar-refractivity contribution in [1.29, 1.82) is 0 Å². The summed E-state index contributed by atoms with van der Waals surface area (Å²) in [7, 11) is 0. The van der Waals surface area contributed by atoms with E-state index in [1.807, 2.05) is 0 Å². The molecule has 2 nitrogen and oxygen atoms in total. The molecule has 0 bridgehead atoms. The largest absolute Gasteiger partial charge is 0.393 e. The topological polar surface area (TPSA) is 23.5 Å². The SMILES string of the molecule is CC(C)c1ccccc1CN1CCC(O)CC1. The van der Waals surface area contributed by atoms with Gasteiger partial charge in [-0.05, 0) is 29.9 Å². The molecule has 1 aliphatic heterocycles. The highest BCUT2D eigenvalue weighted by Gasteiger charge is 2.18. The maximum atomic E-state index is 9.51. The number of hydrogen-bond acceptors (Lipinski definition) is 2. The minimum atomic E-state index is -0.0772. The fraction of sp³-hybridized carbons (Fsp3) is 0.600. The maximum Gasteiger partial charge on any atom is 0.0564 e. The van der Waals surface area contributed by atoms with Gasteiger partial charge in [-0.25, -0.2) is 0 Å². The van der Waals surface area contributed by atoms with E-state index in [4.69, 9.17) is 0 Å². The Labute approximate surface area is 104 Å². The van der Waals surface area contributed by atoms with E-state index in [9.17, 15) is 5.11 Å². The maximum absolute atomic E-state index is 9.51. The smallest absolute Gasteiger partial charge is 0.0564 e. The van der Waals surface area contributed by atoms with Crippen LogP contribution in [-0.4, -0.2) is 29.2 Å². The number of benzene rings is 1. The van der Waals surface area contributed by atoms with Crippen molar-refractivity contribution in [3.05, 3.63) is 35.4 Å². The van der Waals surface area contributed by atoms with Gasteiger partial charge in [-0.3, -0.25) is 4.90 Å². The second-order valence-corrected chi connectivity index (χ2v) is 5.36. The molecular formula is C15H23NO. The third-order valence-corrected chi connectivity index (χ3v) is 3.63. The first kappa shape index (κ1) is 12.6. The Morgan fingerprint density at radius 3 is 2.53 bits per heavy atom. The van der Waals surface area contributed by atoms with Crippen LogP contribution in [0.1, 0.15) is 43.7 Å². The van der Waals surface area contributed by atoms with E-state index < -0.39 is 0 Å². The molecule has 0 aromatic heterocycles. The number of piperidine rings is 1. The van der Waals surface area contributed by atoms with Crippen LogP contribution in [0.4, 0.5) is 0 Å². The summed E-state index contributed by atoms with van der Waals surface area (Å²) in [5, 5.41) is 9.51. The lowest BCUT2D eigenvalue weighted by Gasteiger charge is -2.30. The summed E-state index contributed by atoms with van der Waals surface area (Å²) in [6.07, 6.45) is 1.76. The minimum Gasteiger partial charge on any atom is -0.393 e. The fourth-order valence-corrected chi connectivity index (χ4v) is 2.56. The van der Waals surface area contributed by atoms with Gasteiger partial charge in [0, 0.05) is 19.6 Å². The Morgan fingerprint density at radius 2 is 1.88 bits per heavy atom. The van der Waals surface area contributed by atoms with Crippen LogP contribution >= 0.6 is 0 Å². The molecule has 1 aromatic rings. The highest BCUT2D eigenvalue weighted by atomic mass is 16.3. The molecule has 1 saturated heterocycles. The molecule has 0 atom stereocenters. The van der Waals surface area contributed by atoms with Gasteiger partial charge < -0.3 is 5.11 Å². The zero-order valence-corrected chi connectivity index (χ0v) is 10.9. The molecular weight excluding hydrogens is 210 g/mol. The predicted octanol–water partition coefficient (Wildman–Crippen LogP) is 2.77. The first-order valence-electron chi connectivity index (χ1n) is 6.65. The third kappa shape index (κ3) is 3.30. The molecule has 0 saturated carbocycles. The molecule has 0 radical (unpaired) electrons. The number of nitrogens with zero attached hydrogens (tertiary/aromatic N) is 1. The van der Waals surface area contributed by atoms with Crippen LogP contribution in [0.15, 0.2) is 24.3 Å². The van der Waals surface area contributed by atoms with Crippen molar-refractivity contribution in [2.24, 2.45) is 0 Å². The van der Waals surface area contributed by atoms with Crippen molar-refractivity contribution in [2.75, 3.05) is 13.1 Å². The zero-order chi connectivity index (χ0) is 12.3. The molecule has 17 heavy (non-hydrogen) atoms. The van der Waals surface area contributed by atoms with E-state index in [-0.39, 0.29) is 6.10 Å². The Balaban J connectivity index is 2.03. The van der Waals surface area contributed by atoms with Crippen molar-refractivity contribution < 1.29 is 5.11 Å². The van der Waals surface area contributed by atoms with Gasteiger partial charge in [0.05, 0.1) is 6.10 Å². The molecule has 0 spiro atoms. The second kappa shape index (κ2) is 5.65. The van der Waals surface area contributed by atoms with Crippen LogP contribution in [0.2, 0.25) is 0 Å². The quantitative estimate of drug-likeness (QED) is 0.867. The van der Waals surface area contributed by atoms with E-state index in [0.717, 1.165) is 32.5 Å². The van der Waals surface area contributed by atoms with Crippen LogP contribution in [0.25, 0.3) is 0 Å². The van der Waals surface area contributed by atoms with Crippen molar-refractivity contribution in [1.82, 2.24) is 4.90 Å². The van der Waals surface area contributed by atoms with Gasteiger partial charge in [-0.1, -0.05) is 38.1 Å². The van der Waals surface area contributed by atoms with Gasteiger partial charge in [-0.15, -0.1) is 0 Å². The molecule has 1 heterocycles. The number of hydrogen-bond donors (Lipinski definition) is 1. The van der Waals surface area contributed by atoms with Crippen molar-refractivity contribution in [2.45, 2.75) is 45.3 Å². The molecule has 1 aliphatic rings. The third-order valence-electron chi connectivity index (χ3n) is 3.63. The van der Waals surface area contributed by atoms with Crippen LogP contribution in [0.5, 0.6) is 0 Å². The van der Waals surface area contributed by atoms with Gasteiger partial charge in [0.15, 0.2) is 0 Å². The van der Waals surface area contributed by atoms with Crippen molar-refractivity contribution in [3.63, 3.8) is 0 Å². The van der Waals surface area contributed by atoms with E-state index >= 15 is 0 Å². The van der Waals surface area contributed by atoms with Gasteiger partial charge in [-0.2, -0.15) is 0 Å². The van der Waals surface area contributed by atoms with Crippen molar-refractivity contribution in [3.8, 4) is 0 Å². The molecule has 0 unspecified atom stereocenters. The Bertz CT molecular complexity index is 354. The van der Waals surface area contributed by atoms with Crippen LogP contribution in [0, 0.1) is 0 Å². The lowest BCUT2D eigenvalue weighted by molar-refractivity contribution is 0.0791. The Hall–Kier alpha value is -0.860. The van der Waals surface area contributed by atoms with E-state index in [1.165, 1.54) is 11.1 Å². The fourth-order valence-electron chi connectivity index (χ4n) is 2.56. The van der Waals surface area contributed by atoms with Gasteiger partial charge in [0.25, 0.3) is 0 Å².